The van der Waals surface area contributed by atoms with Crippen LogP contribution in [0.1, 0.15) is 176 Å². The lowest BCUT2D eigenvalue weighted by atomic mass is 9.58. The number of rotatable bonds is 15. The number of nitrogens with zero attached hydrogens (tertiary/aromatic N) is 9. The topological polar surface area (TPSA) is 289 Å². The van der Waals surface area contributed by atoms with Crippen LogP contribution < -0.4 is 16.0 Å². The fourth-order valence-corrected chi connectivity index (χ4v) is 17.3. The molecular weight excluding hydrogens is 1420 g/mol. The Kier molecular flexibility index (Phi) is 31.0. The zero-order valence-electron chi connectivity index (χ0n) is 64.8. The average Bonchev–Trinajstić information content (AvgIpc) is 0.847. The maximum Gasteiger partial charge on any atom is 0.391 e. The number of fused-ring (bicyclic) bond motifs is 3. The van der Waals surface area contributed by atoms with Crippen molar-refractivity contribution in [1.29, 1.82) is 0 Å². The number of hydrogen-bond donors (Lipinski definition) is 3. The molecule has 7 aliphatic rings. The van der Waals surface area contributed by atoms with Crippen LogP contribution in [-0.2, 0) is 67.0 Å². The lowest BCUT2D eigenvalue weighted by molar-refractivity contribution is -0.184. The lowest BCUT2D eigenvalue weighted by Crippen LogP contribution is -2.71. The van der Waals surface area contributed by atoms with E-state index in [-0.39, 0.29) is 133 Å². The van der Waals surface area contributed by atoms with Crippen LogP contribution in [0.3, 0.4) is 0 Å². The molecule has 2 saturated heterocycles. The summed E-state index contributed by atoms with van der Waals surface area (Å²) in [5.41, 5.74) is -2.14. The minimum Gasteiger partial charge on any atom is -0.379 e. The standard InChI is InChI=1S/C75H119Cl2F3N12O14/c1-15-45(4)63-71(103)86(10)41-62(95)87(11)54-24-19-18-20-33-91(70(54)102)58(36-48-25-29-49(30-26-48)75(78,79)80)68(100)85(9)40-60(93)81-53(32-28-47-27-31-51(76)52(77)34-47)66(98)92-39-50(106-17-3)37-55(92)65(97)83-74(43-73(5,6)44-74)72(104)90(14)56(35-46-22-21-23-46)69(101)89(13)57(67(99)84(7)8)38-61(94)88(12)59(42-105-16-2)64(96)82-63/h18-19,45-59,63H,15-17,20-44H2,1-14H3,(H,81,93)(H,82,96)(H,83,97)/b19-18-/t45-,47?,48?,49?,50+,51?,52?,53-,54-,55-,56-,57-,58-,59-,63-/m0/s1. The highest BCUT2D eigenvalue weighted by Gasteiger charge is 2.59. The van der Waals surface area contributed by atoms with Crippen molar-refractivity contribution >= 4 is 94.1 Å². The number of hydrogen-bond acceptors (Lipinski definition) is 14. The molecule has 6 fully saturated rings. The van der Waals surface area contributed by atoms with Gasteiger partial charge < -0.3 is 69.5 Å². The molecule has 1 spiro atoms. The third-order valence-electron chi connectivity index (χ3n) is 23.6. The molecule has 0 aromatic rings. The summed E-state index contributed by atoms with van der Waals surface area (Å²) in [6, 6.07) is -10.7. The van der Waals surface area contributed by atoms with Gasteiger partial charge in [-0.2, -0.15) is 13.2 Å². The number of likely N-dealkylation sites (N-methyl/N-ethyl adjacent to an activating group) is 7. The molecule has 4 aliphatic carbocycles. The summed E-state index contributed by atoms with van der Waals surface area (Å²) in [5, 5.41) is 8.16. The molecule has 0 aromatic heterocycles. The SMILES string of the molecule is CCOC[C@H]1C(=O)N[C@@H]([C@@H](C)CC)C(=O)N(C)CC(=O)N(C)[C@H]2C/C=C\CCN(C2=O)[C@@H](CC2CCC(C(F)(F)F)CC2)C(=O)N(C)CC(=O)N[C@@H](CCC2CCC(Cl)C(Cl)C2)C(=O)N2C[C@H](OCC)C[C@H]2C(=O)NC2(CC(C)(C)C2)C(=O)N(C)[C@@H](CC2CCC2)C(=O)N(C)[C@H](C(=O)N(C)C)CC(=O)N1C. The molecule has 2 bridgehead atoms. The molecule has 12 amide bonds. The van der Waals surface area contributed by atoms with E-state index >= 15 is 28.8 Å². The van der Waals surface area contributed by atoms with Crippen molar-refractivity contribution in [2.24, 2.45) is 35.0 Å². The summed E-state index contributed by atoms with van der Waals surface area (Å²) < 4.78 is 54.4. The van der Waals surface area contributed by atoms with Gasteiger partial charge in [-0.3, -0.25) is 57.5 Å². The van der Waals surface area contributed by atoms with Gasteiger partial charge in [0.05, 0.1) is 43.5 Å². The second-order valence-corrected chi connectivity index (χ2v) is 33.3. The Morgan fingerprint density at radius 1 is 0.651 bits per heavy atom. The summed E-state index contributed by atoms with van der Waals surface area (Å²) in [6.07, 6.45) is 2.87. The van der Waals surface area contributed by atoms with E-state index in [4.69, 9.17) is 32.7 Å². The van der Waals surface area contributed by atoms with Gasteiger partial charge in [-0.1, -0.05) is 65.5 Å². The second-order valence-electron chi connectivity index (χ2n) is 32.2. The lowest BCUT2D eigenvalue weighted by Gasteiger charge is -2.54. The van der Waals surface area contributed by atoms with Crippen molar-refractivity contribution in [3.8, 4) is 0 Å². The third-order valence-corrected chi connectivity index (χ3v) is 24.7. The van der Waals surface area contributed by atoms with Gasteiger partial charge in [0.25, 0.3) is 0 Å². The number of amides is 12. The predicted octanol–water partition coefficient (Wildman–Crippen LogP) is 5.73. The summed E-state index contributed by atoms with van der Waals surface area (Å²) in [6.45, 7) is 9.31. The van der Waals surface area contributed by atoms with E-state index in [1.165, 1.54) is 76.0 Å². The van der Waals surface area contributed by atoms with E-state index in [9.17, 15) is 41.9 Å². The number of carbonyl (C=O) groups is 12. The molecule has 106 heavy (non-hydrogen) atoms. The molecule has 7 rings (SSSR count). The van der Waals surface area contributed by atoms with E-state index < -0.39 is 180 Å². The van der Waals surface area contributed by atoms with Crippen LogP contribution in [0.15, 0.2) is 12.2 Å². The van der Waals surface area contributed by atoms with Crippen LogP contribution in [0.4, 0.5) is 13.2 Å². The van der Waals surface area contributed by atoms with Crippen LogP contribution in [0.25, 0.3) is 0 Å². The summed E-state index contributed by atoms with van der Waals surface area (Å²) in [5.74, 6) is -11.1. The van der Waals surface area contributed by atoms with Crippen molar-refractivity contribution in [3.05, 3.63) is 12.2 Å². The highest BCUT2D eigenvalue weighted by Crippen LogP contribution is 2.50. The average molecular weight is 1540 g/mol. The van der Waals surface area contributed by atoms with Gasteiger partial charge >= 0.3 is 6.18 Å². The molecule has 13 atom stereocenters. The van der Waals surface area contributed by atoms with Gasteiger partial charge in [0.1, 0.15) is 53.9 Å². The molecule has 31 heteroatoms. The van der Waals surface area contributed by atoms with Crippen LogP contribution in [0, 0.1) is 35.0 Å². The van der Waals surface area contributed by atoms with Gasteiger partial charge in [0.15, 0.2) is 0 Å². The largest absolute Gasteiger partial charge is 0.391 e. The van der Waals surface area contributed by atoms with E-state index in [2.05, 4.69) is 16.0 Å². The first-order valence-corrected chi connectivity index (χ1v) is 39.1. The molecule has 26 nitrogen and oxygen atoms in total. The first kappa shape index (κ1) is 86.9. The summed E-state index contributed by atoms with van der Waals surface area (Å²) >= 11 is 13.3. The van der Waals surface area contributed by atoms with Crippen molar-refractivity contribution in [3.63, 3.8) is 0 Å². The smallest absolute Gasteiger partial charge is 0.379 e. The zero-order chi connectivity index (χ0) is 78.6. The van der Waals surface area contributed by atoms with Gasteiger partial charge in [-0.05, 0) is 139 Å². The van der Waals surface area contributed by atoms with E-state index in [0.29, 0.717) is 32.1 Å². The second kappa shape index (κ2) is 37.9. The van der Waals surface area contributed by atoms with E-state index in [0.717, 1.165) is 43.8 Å². The van der Waals surface area contributed by atoms with Crippen LogP contribution in [0.5, 0.6) is 0 Å². The Morgan fingerprint density at radius 2 is 1.28 bits per heavy atom. The first-order valence-electron chi connectivity index (χ1n) is 38.3. The highest BCUT2D eigenvalue weighted by molar-refractivity contribution is 6.30. The fourth-order valence-electron chi connectivity index (χ4n) is 16.7. The minimum absolute atomic E-state index is 0.00924. The summed E-state index contributed by atoms with van der Waals surface area (Å²) in [4.78, 5) is 193. The maximum atomic E-state index is 15.7. The van der Waals surface area contributed by atoms with Crippen molar-refractivity contribution in [2.45, 2.75) is 253 Å². The fraction of sp³-hybridized carbons (Fsp3) is 0.813. The third kappa shape index (κ3) is 21.6. The van der Waals surface area contributed by atoms with Gasteiger partial charge in [0, 0.05) is 94.5 Å². The normalized spacial score (nSPS) is 31.8. The number of nitrogens with one attached hydrogen (secondary N) is 3. The van der Waals surface area contributed by atoms with Crippen molar-refractivity contribution in [2.75, 3.05) is 102 Å². The van der Waals surface area contributed by atoms with Gasteiger partial charge in [0.2, 0.25) is 70.9 Å². The van der Waals surface area contributed by atoms with E-state index in [1.54, 1.807) is 39.8 Å². The number of alkyl halides is 5. The number of halogens is 5. The predicted molar refractivity (Wildman–Crippen MR) is 392 cm³/mol. The molecule has 0 aromatic carbocycles. The molecule has 4 saturated carbocycles. The molecule has 3 unspecified atom stereocenters. The van der Waals surface area contributed by atoms with Gasteiger partial charge in [-0.15, -0.1) is 23.2 Å². The molecule has 598 valence electrons. The monoisotopic (exact) mass is 1540 g/mol. The number of ether oxygens (including phenoxy) is 2. The zero-order valence-corrected chi connectivity index (χ0v) is 66.3. The quantitative estimate of drug-likeness (QED) is 0.130. The number of carbonyl (C=O) groups excluding carboxylic acids is 12. The maximum absolute atomic E-state index is 15.7. The Morgan fingerprint density at radius 3 is 1.87 bits per heavy atom. The van der Waals surface area contributed by atoms with Crippen LogP contribution in [0.2, 0.25) is 0 Å². The van der Waals surface area contributed by atoms with Crippen LogP contribution in [-0.4, -0.2) is 294 Å². The minimum atomic E-state index is -4.45. The Balaban J connectivity index is 1.32. The highest BCUT2D eigenvalue weighted by atomic mass is 35.5. The van der Waals surface area contributed by atoms with Crippen molar-refractivity contribution < 1.29 is 80.2 Å². The summed E-state index contributed by atoms with van der Waals surface area (Å²) in [7, 11) is 11.2. The Labute approximate surface area is 634 Å². The molecule has 0 radical (unpaired) electrons. The molecule has 3 N–H and O–H groups in total. The first-order chi connectivity index (χ1) is 49.8. The molecule has 3 aliphatic heterocycles. The Bertz CT molecular complexity index is 3170. The molecular formula is C75H119Cl2F3N12O14. The van der Waals surface area contributed by atoms with Gasteiger partial charge in [-0.25, -0.2) is 0 Å². The Hall–Kier alpha value is -6.33. The van der Waals surface area contributed by atoms with E-state index in [1.807, 2.05) is 13.8 Å². The molecule has 3 heterocycles. The van der Waals surface area contributed by atoms with Crippen molar-refractivity contribution in [1.82, 2.24) is 60.0 Å². The van der Waals surface area contributed by atoms with Crippen LogP contribution >= 0.6 is 23.2 Å².